The monoisotopic (exact) mass is 262 g/mol. The Bertz CT molecular complexity index is 438. The minimum absolute atomic E-state index is 0.445. The number of thiophene rings is 1. The van der Waals surface area contributed by atoms with Crippen LogP contribution in [-0.4, -0.2) is 22.0 Å². The van der Waals surface area contributed by atoms with Gasteiger partial charge in [0.05, 0.1) is 0 Å². The molecule has 0 amide bonds. The van der Waals surface area contributed by atoms with E-state index in [2.05, 4.69) is 10.0 Å². The fourth-order valence-electron chi connectivity index (χ4n) is 1.44. The van der Waals surface area contributed by atoms with Crippen LogP contribution in [0.15, 0.2) is 10.3 Å². The fraction of sp³-hybridized carbons (Fsp3) is 0.600. The first-order valence-electron chi connectivity index (χ1n) is 5.24. The molecule has 0 aliphatic heterocycles. The Morgan fingerprint density at radius 1 is 1.44 bits per heavy atom. The summed E-state index contributed by atoms with van der Waals surface area (Å²) in [6, 6.07) is 0. The van der Waals surface area contributed by atoms with Gasteiger partial charge < -0.3 is 5.32 Å². The maximum absolute atomic E-state index is 12.0. The molecule has 0 aromatic carbocycles. The van der Waals surface area contributed by atoms with Crippen molar-refractivity contribution in [1.29, 1.82) is 0 Å². The number of sulfonamides is 1. The Morgan fingerprint density at radius 3 is 2.69 bits per heavy atom. The lowest BCUT2D eigenvalue weighted by atomic mass is 10.3. The van der Waals surface area contributed by atoms with Gasteiger partial charge in [-0.2, -0.15) is 0 Å². The highest BCUT2D eigenvalue weighted by molar-refractivity contribution is 7.89. The van der Waals surface area contributed by atoms with Crippen LogP contribution in [0.4, 0.5) is 0 Å². The summed E-state index contributed by atoms with van der Waals surface area (Å²) in [5, 5.41) is 4.87. The molecule has 0 spiro atoms. The summed E-state index contributed by atoms with van der Waals surface area (Å²) < 4.78 is 26.7. The van der Waals surface area contributed by atoms with Crippen molar-refractivity contribution in [3.63, 3.8) is 0 Å². The molecule has 1 aromatic rings. The third-order valence-electron chi connectivity index (χ3n) is 2.14. The first-order chi connectivity index (χ1) is 7.53. The van der Waals surface area contributed by atoms with Crippen LogP contribution >= 0.6 is 11.3 Å². The van der Waals surface area contributed by atoms with E-state index in [9.17, 15) is 8.42 Å². The van der Waals surface area contributed by atoms with Crippen LogP contribution < -0.4 is 10.0 Å². The Balaban J connectivity index is 3.05. The van der Waals surface area contributed by atoms with Gasteiger partial charge in [0, 0.05) is 18.0 Å². The summed E-state index contributed by atoms with van der Waals surface area (Å²) in [5.41, 5.74) is 0.818. The summed E-state index contributed by atoms with van der Waals surface area (Å²) in [7, 11) is -1.53. The zero-order valence-corrected chi connectivity index (χ0v) is 11.5. The standard InChI is InChI=1S/C10H18N2O2S2/c1-4-5-12-16(13,14)10-8(2)7-15-9(10)6-11-3/h7,11-12H,4-6H2,1-3H3. The van der Waals surface area contributed by atoms with E-state index in [1.54, 1.807) is 0 Å². The Labute approximate surface area is 101 Å². The van der Waals surface area contributed by atoms with Crippen LogP contribution in [0, 0.1) is 6.92 Å². The van der Waals surface area contributed by atoms with Crippen molar-refractivity contribution < 1.29 is 8.42 Å². The third-order valence-corrected chi connectivity index (χ3v) is 5.06. The molecule has 6 heteroatoms. The molecule has 16 heavy (non-hydrogen) atoms. The zero-order chi connectivity index (χ0) is 12.2. The summed E-state index contributed by atoms with van der Waals surface area (Å²) in [4.78, 5) is 1.31. The second kappa shape index (κ2) is 5.77. The van der Waals surface area contributed by atoms with E-state index >= 15 is 0 Å². The first kappa shape index (κ1) is 13.6. The van der Waals surface area contributed by atoms with Crippen LogP contribution in [0.5, 0.6) is 0 Å². The van der Waals surface area contributed by atoms with Crippen molar-refractivity contribution >= 4 is 21.4 Å². The maximum Gasteiger partial charge on any atom is 0.241 e. The minimum Gasteiger partial charge on any atom is -0.315 e. The maximum atomic E-state index is 12.0. The van der Waals surface area contributed by atoms with E-state index < -0.39 is 10.0 Å². The van der Waals surface area contributed by atoms with E-state index in [0.29, 0.717) is 18.0 Å². The van der Waals surface area contributed by atoms with Gasteiger partial charge >= 0.3 is 0 Å². The lowest BCUT2D eigenvalue weighted by molar-refractivity contribution is 0.579. The highest BCUT2D eigenvalue weighted by Gasteiger charge is 2.21. The number of hydrogen-bond donors (Lipinski definition) is 2. The molecule has 1 heterocycles. The Hall–Kier alpha value is -0.430. The molecule has 0 unspecified atom stereocenters. The van der Waals surface area contributed by atoms with Crippen molar-refractivity contribution in [2.45, 2.75) is 31.7 Å². The summed E-state index contributed by atoms with van der Waals surface area (Å²) >= 11 is 1.48. The SMILES string of the molecule is CCCNS(=O)(=O)c1c(C)csc1CNC. The van der Waals surface area contributed by atoms with E-state index in [4.69, 9.17) is 0 Å². The van der Waals surface area contributed by atoms with Crippen LogP contribution in [0.3, 0.4) is 0 Å². The third kappa shape index (κ3) is 3.04. The fourth-order valence-corrected chi connectivity index (χ4v) is 4.39. The largest absolute Gasteiger partial charge is 0.315 e. The molecular formula is C10H18N2O2S2. The highest BCUT2D eigenvalue weighted by atomic mass is 32.2. The van der Waals surface area contributed by atoms with Crippen LogP contribution in [0.25, 0.3) is 0 Å². The van der Waals surface area contributed by atoms with E-state index in [-0.39, 0.29) is 0 Å². The van der Waals surface area contributed by atoms with E-state index in [0.717, 1.165) is 16.9 Å². The van der Waals surface area contributed by atoms with Crippen LogP contribution in [-0.2, 0) is 16.6 Å². The van der Waals surface area contributed by atoms with Crippen molar-refractivity contribution in [3.8, 4) is 0 Å². The zero-order valence-electron chi connectivity index (χ0n) is 9.83. The molecule has 0 aliphatic carbocycles. The second-order valence-corrected chi connectivity index (χ2v) is 6.27. The number of rotatable bonds is 6. The number of hydrogen-bond acceptors (Lipinski definition) is 4. The molecule has 0 bridgehead atoms. The molecule has 1 aromatic heterocycles. The molecule has 0 atom stereocenters. The number of nitrogens with one attached hydrogen (secondary N) is 2. The van der Waals surface area contributed by atoms with Crippen LogP contribution in [0.1, 0.15) is 23.8 Å². The molecule has 4 nitrogen and oxygen atoms in total. The van der Waals surface area contributed by atoms with Gasteiger partial charge in [0.2, 0.25) is 10.0 Å². The average Bonchev–Trinajstić information content (AvgIpc) is 2.58. The predicted molar refractivity (Wildman–Crippen MR) is 67.3 cm³/mol. The lowest BCUT2D eigenvalue weighted by Crippen LogP contribution is -2.26. The molecule has 0 saturated carbocycles. The van der Waals surface area contributed by atoms with Crippen molar-refractivity contribution in [1.82, 2.24) is 10.0 Å². The summed E-state index contributed by atoms with van der Waals surface area (Å²) in [5.74, 6) is 0. The van der Waals surface area contributed by atoms with Gasteiger partial charge in [-0.1, -0.05) is 6.92 Å². The molecule has 0 fully saturated rings. The van der Waals surface area contributed by atoms with E-state index in [1.807, 2.05) is 26.3 Å². The Kier molecular flexibility index (Phi) is 4.91. The van der Waals surface area contributed by atoms with Crippen molar-refractivity contribution in [3.05, 3.63) is 15.8 Å². The normalized spacial score (nSPS) is 11.9. The van der Waals surface area contributed by atoms with Crippen LogP contribution in [0.2, 0.25) is 0 Å². The smallest absolute Gasteiger partial charge is 0.241 e. The molecule has 1 rings (SSSR count). The van der Waals surface area contributed by atoms with Gasteiger partial charge in [-0.3, -0.25) is 0 Å². The molecule has 0 aliphatic rings. The molecule has 0 saturated heterocycles. The van der Waals surface area contributed by atoms with Gasteiger partial charge in [-0.15, -0.1) is 11.3 Å². The van der Waals surface area contributed by atoms with Gasteiger partial charge in [-0.25, -0.2) is 13.1 Å². The highest BCUT2D eigenvalue weighted by Crippen LogP contribution is 2.26. The topological polar surface area (TPSA) is 58.2 Å². The Morgan fingerprint density at radius 2 is 2.12 bits per heavy atom. The summed E-state index contributed by atoms with van der Waals surface area (Å²) in [6.07, 6.45) is 0.795. The van der Waals surface area contributed by atoms with E-state index in [1.165, 1.54) is 11.3 Å². The average molecular weight is 262 g/mol. The van der Waals surface area contributed by atoms with Gasteiger partial charge in [-0.05, 0) is 31.3 Å². The van der Waals surface area contributed by atoms with Crippen molar-refractivity contribution in [2.24, 2.45) is 0 Å². The van der Waals surface area contributed by atoms with Gasteiger partial charge in [0.25, 0.3) is 0 Å². The second-order valence-electron chi connectivity index (χ2n) is 3.60. The molecule has 0 radical (unpaired) electrons. The minimum atomic E-state index is -3.34. The molecular weight excluding hydrogens is 244 g/mol. The first-order valence-corrected chi connectivity index (χ1v) is 7.60. The van der Waals surface area contributed by atoms with Gasteiger partial charge in [0.15, 0.2) is 0 Å². The number of aryl methyl sites for hydroxylation is 1. The summed E-state index contributed by atoms with van der Waals surface area (Å²) in [6.45, 7) is 4.84. The van der Waals surface area contributed by atoms with Crippen molar-refractivity contribution in [2.75, 3.05) is 13.6 Å². The quantitative estimate of drug-likeness (QED) is 0.816. The molecule has 92 valence electrons. The molecule has 2 N–H and O–H groups in total. The lowest BCUT2D eigenvalue weighted by Gasteiger charge is -2.08. The predicted octanol–water partition coefficient (Wildman–Crippen LogP) is 1.46. The van der Waals surface area contributed by atoms with Gasteiger partial charge in [0.1, 0.15) is 4.90 Å².